The summed E-state index contributed by atoms with van der Waals surface area (Å²) in [6.07, 6.45) is 20.1. The van der Waals surface area contributed by atoms with Crippen molar-refractivity contribution < 1.29 is 4.74 Å². The van der Waals surface area contributed by atoms with E-state index in [4.69, 9.17) is 14.7 Å². The lowest BCUT2D eigenvalue weighted by Crippen LogP contribution is -2.19. The molecule has 1 aromatic carbocycles. The van der Waals surface area contributed by atoms with E-state index in [1.807, 2.05) is 0 Å². The minimum absolute atomic E-state index is 0.803. The molecule has 0 radical (unpaired) electrons. The van der Waals surface area contributed by atoms with Gasteiger partial charge in [0.25, 0.3) is 0 Å². The maximum Gasteiger partial charge on any atom is 0.159 e. The molecule has 0 spiro atoms. The SMILES string of the molecule is CCCCCCCCOc1ccc(-c2ncc3c(n2)CCC(CC(CC)CCCC)C3)cc1. The van der Waals surface area contributed by atoms with Gasteiger partial charge in [-0.25, -0.2) is 9.97 Å². The van der Waals surface area contributed by atoms with Crippen LogP contribution in [0.25, 0.3) is 11.4 Å². The van der Waals surface area contributed by atoms with Gasteiger partial charge in [-0.3, -0.25) is 0 Å². The quantitative estimate of drug-likeness (QED) is 0.255. The normalized spacial score (nSPS) is 16.4. The summed E-state index contributed by atoms with van der Waals surface area (Å²) in [6, 6.07) is 8.33. The van der Waals surface area contributed by atoms with Crippen LogP contribution in [0.4, 0.5) is 0 Å². The number of unbranched alkanes of at least 4 members (excludes halogenated alkanes) is 6. The molecule has 1 aliphatic carbocycles. The highest BCUT2D eigenvalue weighted by atomic mass is 16.5. The van der Waals surface area contributed by atoms with E-state index in [9.17, 15) is 0 Å². The zero-order chi connectivity index (χ0) is 23.3. The smallest absolute Gasteiger partial charge is 0.159 e. The Morgan fingerprint density at radius 3 is 2.45 bits per heavy atom. The predicted octanol–water partition coefficient (Wildman–Crippen LogP) is 8.59. The largest absolute Gasteiger partial charge is 0.494 e. The van der Waals surface area contributed by atoms with Crippen molar-refractivity contribution in [2.45, 2.75) is 111 Å². The number of hydrogen-bond acceptors (Lipinski definition) is 3. The first-order valence-corrected chi connectivity index (χ1v) is 13.8. The second-order valence-corrected chi connectivity index (χ2v) is 10.1. The Kier molecular flexibility index (Phi) is 11.2. The van der Waals surface area contributed by atoms with Gasteiger partial charge in [-0.2, -0.15) is 0 Å². The third-order valence-electron chi connectivity index (χ3n) is 7.34. The first-order chi connectivity index (χ1) is 16.2. The van der Waals surface area contributed by atoms with Crippen molar-refractivity contribution in [3.63, 3.8) is 0 Å². The molecule has 2 unspecified atom stereocenters. The van der Waals surface area contributed by atoms with E-state index in [1.165, 1.54) is 81.9 Å². The third-order valence-corrected chi connectivity index (χ3v) is 7.34. The molecule has 1 heterocycles. The first-order valence-electron chi connectivity index (χ1n) is 13.8. The number of aromatic nitrogens is 2. The molecular weight excluding hydrogens is 404 g/mol. The fourth-order valence-corrected chi connectivity index (χ4v) is 5.15. The highest BCUT2D eigenvalue weighted by Gasteiger charge is 2.23. The summed E-state index contributed by atoms with van der Waals surface area (Å²) in [5, 5.41) is 0. The van der Waals surface area contributed by atoms with Crippen LogP contribution in [0.15, 0.2) is 30.5 Å². The van der Waals surface area contributed by atoms with Crippen LogP contribution in [0.1, 0.15) is 109 Å². The zero-order valence-corrected chi connectivity index (χ0v) is 21.5. The maximum atomic E-state index is 5.93. The van der Waals surface area contributed by atoms with Crippen molar-refractivity contribution in [1.29, 1.82) is 0 Å². The van der Waals surface area contributed by atoms with Crippen LogP contribution in [0.3, 0.4) is 0 Å². The Bertz CT molecular complexity index is 801. The van der Waals surface area contributed by atoms with Gasteiger partial charge in [0.05, 0.1) is 6.61 Å². The van der Waals surface area contributed by atoms with Gasteiger partial charge in [-0.05, 0) is 73.8 Å². The summed E-state index contributed by atoms with van der Waals surface area (Å²) in [5.74, 6) is 3.49. The Hall–Kier alpha value is -1.90. The van der Waals surface area contributed by atoms with Gasteiger partial charge in [0.1, 0.15) is 5.75 Å². The van der Waals surface area contributed by atoms with Gasteiger partial charge >= 0.3 is 0 Å². The number of aryl methyl sites for hydroxylation is 1. The van der Waals surface area contributed by atoms with Gasteiger partial charge in [0.15, 0.2) is 5.82 Å². The Labute approximate surface area is 202 Å². The molecule has 0 saturated carbocycles. The van der Waals surface area contributed by atoms with Crippen LogP contribution >= 0.6 is 0 Å². The number of benzene rings is 1. The van der Waals surface area contributed by atoms with Crippen molar-refractivity contribution >= 4 is 0 Å². The summed E-state index contributed by atoms with van der Waals surface area (Å²) in [5.41, 5.74) is 3.72. The minimum atomic E-state index is 0.803. The molecule has 3 heteroatoms. The van der Waals surface area contributed by atoms with Gasteiger partial charge < -0.3 is 4.74 Å². The second-order valence-electron chi connectivity index (χ2n) is 10.1. The highest BCUT2D eigenvalue weighted by molar-refractivity contribution is 5.56. The molecular formula is C30H46N2O. The first kappa shape index (κ1) is 25.7. The lowest BCUT2D eigenvalue weighted by Gasteiger charge is -2.27. The standard InChI is InChI=1S/C30H46N2O/c1-4-7-9-10-11-12-20-33-28-17-15-26(16-18-28)30-31-23-27-22-25(14-19-29(27)32-30)21-24(6-3)13-8-5-2/h15-18,23-25H,4-14,19-22H2,1-3H3. The van der Waals surface area contributed by atoms with E-state index in [-0.39, 0.29) is 0 Å². The van der Waals surface area contributed by atoms with Crippen LogP contribution < -0.4 is 4.74 Å². The predicted molar refractivity (Wildman–Crippen MR) is 140 cm³/mol. The average Bonchev–Trinajstić information content (AvgIpc) is 2.86. The molecule has 182 valence electrons. The molecule has 33 heavy (non-hydrogen) atoms. The molecule has 0 fully saturated rings. The second kappa shape index (κ2) is 14.4. The number of hydrogen-bond donors (Lipinski definition) is 0. The molecule has 2 aromatic rings. The van der Waals surface area contributed by atoms with E-state index in [0.717, 1.165) is 54.8 Å². The van der Waals surface area contributed by atoms with Crippen molar-refractivity contribution in [3.8, 4) is 17.1 Å². The van der Waals surface area contributed by atoms with Crippen molar-refractivity contribution in [2.75, 3.05) is 6.61 Å². The van der Waals surface area contributed by atoms with Crippen LogP contribution in [0.5, 0.6) is 5.75 Å². The number of ether oxygens (including phenoxy) is 1. The number of nitrogens with zero attached hydrogens (tertiary/aromatic N) is 2. The van der Waals surface area contributed by atoms with Crippen molar-refractivity contribution in [2.24, 2.45) is 11.8 Å². The van der Waals surface area contributed by atoms with Crippen molar-refractivity contribution in [3.05, 3.63) is 41.7 Å². The molecule has 3 rings (SSSR count). The molecule has 1 aromatic heterocycles. The molecule has 2 atom stereocenters. The van der Waals surface area contributed by atoms with E-state index in [2.05, 4.69) is 51.2 Å². The molecule has 1 aliphatic rings. The van der Waals surface area contributed by atoms with Crippen molar-refractivity contribution in [1.82, 2.24) is 9.97 Å². The molecule has 0 amide bonds. The van der Waals surface area contributed by atoms with Gasteiger partial charge in [-0.15, -0.1) is 0 Å². The lowest BCUT2D eigenvalue weighted by atomic mass is 9.79. The van der Waals surface area contributed by atoms with Crippen LogP contribution in [-0.4, -0.2) is 16.6 Å². The number of rotatable bonds is 15. The fourth-order valence-electron chi connectivity index (χ4n) is 5.15. The van der Waals surface area contributed by atoms with Crippen LogP contribution in [-0.2, 0) is 12.8 Å². The maximum absolute atomic E-state index is 5.93. The summed E-state index contributed by atoms with van der Waals surface area (Å²) in [6.45, 7) is 7.72. The lowest BCUT2D eigenvalue weighted by molar-refractivity contribution is 0.304. The van der Waals surface area contributed by atoms with E-state index in [1.54, 1.807) is 0 Å². The molecule has 0 N–H and O–H groups in total. The van der Waals surface area contributed by atoms with Gasteiger partial charge in [0.2, 0.25) is 0 Å². The van der Waals surface area contributed by atoms with E-state index in [0.29, 0.717) is 0 Å². The number of fused-ring (bicyclic) bond motifs is 1. The zero-order valence-electron chi connectivity index (χ0n) is 21.5. The minimum Gasteiger partial charge on any atom is -0.494 e. The van der Waals surface area contributed by atoms with Crippen LogP contribution in [0, 0.1) is 11.8 Å². The van der Waals surface area contributed by atoms with Gasteiger partial charge in [0, 0.05) is 17.5 Å². The fraction of sp³-hybridized carbons (Fsp3) is 0.667. The Morgan fingerprint density at radius 1 is 0.939 bits per heavy atom. The molecule has 0 saturated heterocycles. The molecule has 0 aliphatic heterocycles. The van der Waals surface area contributed by atoms with Crippen LogP contribution in [0.2, 0.25) is 0 Å². The average molecular weight is 451 g/mol. The van der Waals surface area contributed by atoms with E-state index < -0.39 is 0 Å². The summed E-state index contributed by atoms with van der Waals surface area (Å²) < 4.78 is 5.93. The highest BCUT2D eigenvalue weighted by Crippen LogP contribution is 2.32. The van der Waals surface area contributed by atoms with Gasteiger partial charge in [-0.1, -0.05) is 78.6 Å². The summed E-state index contributed by atoms with van der Waals surface area (Å²) in [4.78, 5) is 9.69. The molecule has 0 bridgehead atoms. The molecule has 3 nitrogen and oxygen atoms in total. The topological polar surface area (TPSA) is 35.0 Å². The monoisotopic (exact) mass is 450 g/mol. The summed E-state index contributed by atoms with van der Waals surface area (Å²) >= 11 is 0. The summed E-state index contributed by atoms with van der Waals surface area (Å²) in [7, 11) is 0. The Balaban J connectivity index is 1.49. The van der Waals surface area contributed by atoms with E-state index >= 15 is 0 Å². The Morgan fingerprint density at radius 2 is 1.70 bits per heavy atom. The third kappa shape index (κ3) is 8.43.